The first-order chi connectivity index (χ1) is 10.0. The molecule has 1 aromatic carbocycles. The molecule has 4 heteroatoms. The van der Waals surface area contributed by atoms with Crippen LogP contribution in [0.1, 0.15) is 30.9 Å². The van der Waals surface area contributed by atoms with Crippen LogP contribution in [-0.2, 0) is 19.7 Å². The van der Waals surface area contributed by atoms with Crippen LogP contribution in [0, 0.1) is 6.92 Å². The maximum atomic E-state index is 12.5. The second-order valence-corrected chi connectivity index (χ2v) is 5.29. The van der Waals surface area contributed by atoms with Crippen LogP contribution in [0.5, 0.6) is 0 Å². The summed E-state index contributed by atoms with van der Waals surface area (Å²) in [6.07, 6.45) is 3.83. The van der Waals surface area contributed by atoms with Gasteiger partial charge in [0, 0.05) is 18.2 Å². The molecule has 0 amide bonds. The summed E-state index contributed by atoms with van der Waals surface area (Å²) >= 11 is 0. The van der Waals surface area contributed by atoms with Crippen molar-refractivity contribution in [3.8, 4) is 0 Å². The van der Waals surface area contributed by atoms with Gasteiger partial charge in [0.25, 0.3) is 0 Å². The lowest BCUT2D eigenvalue weighted by molar-refractivity contribution is -0.146. The average molecular weight is 285 g/mol. The lowest BCUT2D eigenvalue weighted by Gasteiger charge is -2.25. The Morgan fingerprint density at radius 2 is 2.19 bits per heavy atom. The minimum Gasteiger partial charge on any atom is -0.461 e. The van der Waals surface area contributed by atoms with Crippen LogP contribution in [0.4, 0.5) is 5.69 Å². The SMILES string of the molecule is C=CCOC(=O)[C@]1(CCC(C)=O)C=Nc2c(C)cccc21. The molecule has 0 saturated heterocycles. The van der Waals surface area contributed by atoms with Gasteiger partial charge in [0.1, 0.15) is 17.8 Å². The lowest BCUT2D eigenvalue weighted by Crippen LogP contribution is -2.38. The van der Waals surface area contributed by atoms with E-state index in [2.05, 4.69) is 11.6 Å². The quantitative estimate of drug-likeness (QED) is 0.596. The minimum atomic E-state index is -0.962. The number of para-hydroxylation sites is 1. The van der Waals surface area contributed by atoms with E-state index in [0.29, 0.717) is 12.8 Å². The third kappa shape index (κ3) is 2.79. The summed E-state index contributed by atoms with van der Waals surface area (Å²) in [6, 6.07) is 5.73. The average Bonchev–Trinajstić information content (AvgIpc) is 2.84. The van der Waals surface area contributed by atoms with E-state index in [9.17, 15) is 9.59 Å². The number of hydrogen-bond acceptors (Lipinski definition) is 4. The number of rotatable bonds is 6. The number of carbonyl (C=O) groups excluding carboxylic acids is 2. The van der Waals surface area contributed by atoms with Gasteiger partial charge in [-0.1, -0.05) is 30.9 Å². The first-order valence-electron chi connectivity index (χ1n) is 6.94. The number of nitrogens with zero attached hydrogens (tertiary/aromatic N) is 1. The number of aliphatic imine (C=N–C) groups is 1. The van der Waals surface area contributed by atoms with Crippen molar-refractivity contribution in [2.24, 2.45) is 4.99 Å². The van der Waals surface area contributed by atoms with Crippen molar-refractivity contribution in [3.63, 3.8) is 0 Å². The van der Waals surface area contributed by atoms with Crippen molar-refractivity contribution in [2.75, 3.05) is 6.61 Å². The molecule has 4 nitrogen and oxygen atoms in total. The molecule has 0 aromatic heterocycles. The van der Waals surface area contributed by atoms with E-state index in [1.165, 1.54) is 13.0 Å². The van der Waals surface area contributed by atoms with Gasteiger partial charge >= 0.3 is 5.97 Å². The van der Waals surface area contributed by atoms with E-state index < -0.39 is 5.41 Å². The Bertz CT molecular complexity index is 618. The Morgan fingerprint density at radius 1 is 1.43 bits per heavy atom. The highest BCUT2D eigenvalue weighted by Gasteiger charge is 2.45. The van der Waals surface area contributed by atoms with Crippen molar-refractivity contribution < 1.29 is 14.3 Å². The Hall–Kier alpha value is -2.23. The number of carbonyl (C=O) groups is 2. The van der Waals surface area contributed by atoms with Crippen LogP contribution < -0.4 is 0 Å². The molecule has 2 rings (SSSR count). The van der Waals surface area contributed by atoms with E-state index in [1.807, 2.05) is 25.1 Å². The molecule has 0 spiro atoms. The zero-order valence-corrected chi connectivity index (χ0v) is 12.4. The van der Waals surface area contributed by atoms with Gasteiger partial charge in [-0.2, -0.15) is 0 Å². The predicted molar refractivity (Wildman–Crippen MR) is 82.1 cm³/mol. The molecule has 0 unspecified atom stereocenters. The molecular weight excluding hydrogens is 266 g/mol. The van der Waals surface area contributed by atoms with E-state index in [1.54, 1.807) is 6.21 Å². The van der Waals surface area contributed by atoms with E-state index >= 15 is 0 Å². The third-order valence-corrected chi connectivity index (χ3v) is 3.70. The zero-order valence-electron chi connectivity index (χ0n) is 12.4. The highest BCUT2D eigenvalue weighted by molar-refractivity contribution is 6.07. The van der Waals surface area contributed by atoms with Gasteiger partial charge in [0.15, 0.2) is 0 Å². The fourth-order valence-electron chi connectivity index (χ4n) is 2.54. The summed E-state index contributed by atoms with van der Waals surface area (Å²) in [7, 11) is 0. The van der Waals surface area contributed by atoms with E-state index in [4.69, 9.17) is 4.74 Å². The van der Waals surface area contributed by atoms with Gasteiger partial charge in [0.2, 0.25) is 0 Å². The Kier molecular flexibility index (Phi) is 4.36. The Morgan fingerprint density at radius 3 is 2.86 bits per heavy atom. The van der Waals surface area contributed by atoms with Gasteiger partial charge in [-0.15, -0.1) is 0 Å². The molecule has 110 valence electrons. The van der Waals surface area contributed by atoms with Crippen molar-refractivity contribution in [1.29, 1.82) is 0 Å². The van der Waals surface area contributed by atoms with E-state index in [-0.39, 0.29) is 18.4 Å². The van der Waals surface area contributed by atoms with Crippen molar-refractivity contribution in [1.82, 2.24) is 0 Å². The monoisotopic (exact) mass is 285 g/mol. The second-order valence-electron chi connectivity index (χ2n) is 5.29. The normalized spacial score (nSPS) is 19.1. The van der Waals surface area contributed by atoms with Crippen LogP contribution in [0.15, 0.2) is 35.8 Å². The van der Waals surface area contributed by atoms with Crippen LogP contribution >= 0.6 is 0 Å². The van der Waals surface area contributed by atoms with E-state index in [0.717, 1.165) is 16.8 Å². The highest BCUT2D eigenvalue weighted by atomic mass is 16.5. The number of ketones is 1. The number of esters is 1. The van der Waals surface area contributed by atoms with Gasteiger partial charge < -0.3 is 9.53 Å². The maximum Gasteiger partial charge on any atom is 0.322 e. The Balaban J connectivity index is 2.42. The maximum absolute atomic E-state index is 12.5. The van der Waals surface area contributed by atoms with Crippen molar-refractivity contribution in [2.45, 2.75) is 32.1 Å². The summed E-state index contributed by atoms with van der Waals surface area (Å²) < 4.78 is 5.25. The molecule has 1 aromatic rings. The minimum absolute atomic E-state index is 0.0420. The van der Waals surface area contributed by atoms with Gasteiger partial charge in [-0.25, -0.2) is 0 Å². The Labute approximate surface area is 124 Å². The molecule has 1 aliphatic rings. The zero-order chi connectivity index (χ0) is 15.5. The topological polar surface area (TPSA) is 55.7 Å². The summed E-state index contributed by atoms with van der Waals surface area (Å²) in [5, 5.41) is 0. The summed E-state index contributed by atoms with van der Waals surface area (Å²) in [5.41, 5.74) is 1.66. The van der Waals surface area contributed by atoms with Crippen molar-refractivity contribution >= 4 is 23.7 Å². The fraction of sp³-hybridized carbons (Fsp3) is 0.353. The molecule has 21 heavy (non-hydrogen) atoms. The first kappa shape index (κ1) is 15.2. The largest absolute Gasteiger partial charge is 0.461 e. The van der Waals surface area contributed by atoms with Gasteiger partial charge in [-0.05, 0) is 25.8 Å². The second kappa shape index (κ2) is 6.04. The number of benzene rings is 1. The number of Topliss-reactive ketones (excluding diaryl/α,β-unsaturated/α-hetero) is 1. The number of hydrogen-bond donors (Lipinski definition) is 0. The molecular formula is C17H19NO3. The smallest absolute Gasteiger partial charge is 0.322 e. The first-order valence-corrected chi connectivity index (χ1v) is 6.94. The molecule has 0 radical (unpaired) electrons. The molecule has 1 atom stereocenters. The third-order valence-electron chi connectivity index (χ3n) is 3.70. The summed E-state index contributed by atoms with van der Waals surface area (Å²) in [4.78, 5) is 28.3. The molecule has 0 aliphatic carbocycles. The summed E-state index contributed by atoms with van der Waals surface area (Å²) in [6.45, 7) is 7.17. The molecule has 1 aliphatic heterocycles. The standard InChI is InChI=1S/C17H19NO3/c1-4-10-21-16(20)17(9-8-13(3)19)11-18-15-12(2)6-5-7-14(15)17/h4-7,11H,1,8-10H2,2-3H3/t17-/m1/s1. The number of ether oxygens (including phenoxy) is 1. The summed E-state index contributed by atoms with van der Waals surface area (Å²) in [5.74, 6) is -0.336. The number of aryl methyl sites for hydroxylation is 1. The molecule has 0 saturated carbocycles. The predicted octanol–water partition coefficient (Wildman–Crippen LogP) is 3.05. The van der Waals surface area contributed by atoms with Crippen LogP contribution in [0.25, 0.3) is 0 Å². The lowest BCUT2D eigenvalue weighted by atomic mass is 9.77. The number of fused-ring (bicyclic) bond motifs is 1. The van der Waals surface area contributed by atoms with Crippen LogP contribution in [0.3, 0.4) is 0 Å². The van der Waals surface area contributed by atoms with Crippen LogP contribution in [-0.4, -0.2) is 24.6 Å². The highest BCUT2D eigenvalue weighted by Crippen LogP contribution is 2.42. The van der Waals surface area contributed by atoms with Crippen LogP contribution in [0.2, 0.25) is 0 Å². The molecule has 0 fully saturated rings. The molecule has 0 bridgehead atoms. The van der Waals surface area contributed by atoms with Gasteiger partial charge in [-0.3, -0.25) is 9.79 Å². The fourth-order valence-corrected chi connectivity index (χ4v) is 2.54. The van der Waals surface area contributed by atoms with Gasteiger partial charge in [0.05, 0.1) is 5.69 Å². The molecule has 1 heterocycles. The molecule has 0 N–H and O–H groups in total. The van der Waals surface area contributed by atoms with Crippen molar-refractivity contribution in [3.05, 3.63) is 42.0 Å².